The third-order valence-electron chi connectivity index (χ3n) is 5.65. The number of furan rings is 1. The molecule has 7 nitrogen and oxygen atoms in total. The summed E-state index contributed by atoms with van der Waals surface area (Å²) in [5.74, 6) is 0.670. The van der Waals surface area contributed by atoms with Crippen LogP contribution in [0.25, 0.3) is 11.0 Å². The molecule has 1 aliphatic heterocycles. The zero-order valence-corrected chi connectivity index (χ0v) is 20.1. The fourth-order valence-electron chi connectivity index (χ4n) is 3.94. The molecule has 3 aromatic rings. The Morgan fingerprint density at radius 1 is 1.31 bits per heavy atom. The molecular weight excluding hydrogens is 444 g/mol. The standard InChI is InChI=1S/C23H28N4O3S2/c1-3-4-11-24-21(28)16-8-7-12-27(13-16)22(29)20-18(14-31-23-26-25-15(2)32-23)17-9-5-6-10-19(17)30-20/h5-6,9-10,16H,3-4,7-8,11-14H2,1-2H3,(H,24,28). The third kappa shape index (κ3) is 5.15. The molecule has 3 heterocycles. The van der Waals surface area contributed by atoms with E-state index in [4.69, 9.17) is 4.42 Å². The molecule has 2 aromatic heterocycles. The maximum Gasteiger partial charge on any atom is 0.289 e. The number of amides is 2. The molecule has 1 atom stereocenters. The Bertz CT molecular complexity index is 1090. The summed E-state index contributed by atoms with van der Waals surface area (Å²) in [6, 6.07) is 7.72. The smallest absolute Gasteiger partial charge is 0.289 e. The van der Waals surface area contributed by atoms with E-state index in [0.717, 1.165) is 46.0 Å². The van der Waals surface area contributed by atoms with Gasteiger partial charge >= 0.3 is 0 Å². The summed E-state index contributed by atoms with van der Waals surface area (Å²) in [6.45, 7) is 5.78. The van der Waals surface area contributed by atoms with Gasteiger partial charge in [-0.25, -0.2) is 0 Å². The Morgan fingerprint density at radius 2 is 2.16 bits per heavy atom. The molecule has 2 amide bonds. The number of nitrogens with zero attached hydrogens (tertiary/aromatic N) is 3. The van der Waals surface area contributed by atoms with Crippen LogP contribution in [0.15, 0.2) is 33.0 Å². The quantitative estimate of drug-likeness (QED) is 0.379. The van der Waals surface area contributed by atoms with Crippen LogP contribution in [-0.2, 0) is 10.5 Å². The predicted molar refractivity (Wildman–Crippen MR) is 127 cm³/mol. The SMILES string of the molecule is CCCCNC(=O)C1CCCN(C(=O)c2oc3ccccc3c2CSc2nnc(C)s2)C1. The monoisotopic (exact) mass is 472 g/mol. The topological polar surface area (TPSA) is 88.3 Å². The van der Waals surface area contributed by atoms with Crippen LogP contribution in [0.3, 0.4) is 0 Å². The highest BCUT2D eigenvalue weighted by atomic mass is 32.2. The predicted octanol–water partition coefficient (Wildman–Crippen LogP) is 4.65. The molecule has 9 heteroatoms. The number of para-hydroxylation sites is 1. The fourth-order valence-corrected chi connectivity index (χ4v) is 5.78. The number of hydrogen-bond acceptors (Lipinski definition) is 7. The average molecular weight is 473 g/mol. The minimum atomic E-state index is -0.170. The van der Waals surface area contributed by atoms with E-state index < -0.39 is 0 Å². The zero-order valence-electron chi connectivity index (χ0n) is 18.4. The number of thioether (sulfide) groups is 1. The van der Waals surface area contributed by atoms with E-state index in [1.54, 1.807) is 16.7 Å². The molecule has 1 N–H and O–H groups in total. The van der Waals surface area contributed by atoms with Gasteiger partial charge in [-0.15, -0.1) is 10.2 Å². The number of fused-ring (bicyclic) bond motifs is 1. The van der Waals surface area contributed by atoms with Crippen LogP contribution in [0.5, 0.6) is 0 Å². The molecule has 4 rings (SSSR count). The lowest BCUT2D eigenvalue weighted by atomic mass is 9.96. The molecule has 0 radical (unpaired) electrons. The first-order valence-corrected chi connectivity index (χ1v) is 12.9. The van der Waals surface area contributed by atoms with Gasteiger partial charge in [-0.1, -0.05) is 54.6 Å². The highest BCUT2D eigenvalue weighted by Crippen LogP contribution is 2.34. The number of carbonyl (C=O) groups excluding carboxylic acids is 2. The second-order valence-corrected chi connectivity index (χ2v) is 10.4. The van der Waals surface area contributed by atoms with E-state index in [2.05, 4.69) is 22.4 Å². The number of carbonyl (C=O) groups is 2. The zero-order chi connectivity index (χ0) is 22.5. The molecule has 1 saturated heterocycles. The van der Waals surface area contributed by atoms with E-state index in [-0.39, 0.29) is 17.7 Å². The summed E-state index contributed by atoms with van der Waals surface area (Å²) in [5.41, 5.74) is 1.57. The molecular formula is C23H28N4O3S2. The van der Waals surface area contributed by atoms with E-state index >= 15 is 0 Å². The van der Waals surface area contributed by atoms with E-state index in [1.807, 2.05) is 31.2 Å². The summed E-state index contributed by atoms with van der Waals surface area (Å²) in [5, 5.41) is 13.1. The van der Waals surface area contributed by atoms with E-state index in [0.29, 0.717) is 36.7 Å². The van der Waals surface area contributed by atoms with Crippen molar-refractivity contribution >= 4 is 45.9 Å². The van der Waals surface area contributed by atoms with Crippen molar-refractivity contribution in [2.45, 2.75) is 49.6 Å². The third-order valence-corrected chi connectivity index (χ3v) is 7.65. The molecule has 32 heavy (non-hydrogen) atoms. The summed E-state index contributed by atoms with van der Waals surface area (Å²) in [7, 11) is 0. The molecule has 0 aliphatic carbocycles. The Labute approximate surface area is 196 Å². The lowest BCUT2D eigenvalue weighted by Crippen LogP contribution is -2.45. The summed E-state index contributed by atoms with van der Waals surface area (Å²) in [6.07, 6.45) is 3.63. The fraction of sp³-hybridized carbons (Fsp3) is 0.478. The molecule has 1 unspecified atom stereocenters. The number of benzene rings is 1. The van der Waals surface area contributed by atoms with Gasteiger partial charge in [-0.2, -0.15) is 0 Å². The van der Waals surface area contributed by atoms with Gasteiger partial charge in [0.2, 0.25) is 5.91 Å². The average Bonchev–Trinajstić information content (AvgIpc) is 3.40. The van der Waals surface area contributed by atoms with Crippen LogP contribution < -0.4 is 5.32 Å². The Balaban J connectivity index is 1.52. The molecule has 1 aromatic carbocycles. The van der Waals surface area contributed by atoms with Gasteiger partial charge in [0.1, 0.15) is 10.6 Å². The van der Waals surface area contributed by atoms with Crippen LogP contribution in [0.4, 0.5) is 0 Å². The van der Waals surface area contributed by atoms with E-state index in [9.17, 15) is 9.59 Å². The number of unbranched alkanes of at least 4 members (excludes halogenated alkanes) is 1. The lowest BCUT2D eigenvalue weighted by Gasteiger charge is -2.31. The minimum absolute atomic E-state index is 0.0444. The number of aryl methyl sites for hydroxylation is 1. The van der Waals surface area contributed by atoms with Crippen molar-refractivity contribution in [1.82, 2.24) is 20.4 Å². The van der Waals surface area contributed by atoms with Crippen molar-refractivity contribution in [1.29, 1.82) is 0 Å². The molecule has 1 fully saturated rings. The van der Waals surface area contributed by atoms with Gasteiger partial charge < -0.3 is 14.6 Å². The van der Waals surface area contributed by atoms with Gasteiger partial charge in [0.05, 0.1) is 5.92 Å². The summed E-state index contributed by atoms with van der Waals surface area (Å²) < 4.78 is 6.91. The van der Waals surface area contributed by atoms with Gasteiger partial charge in [-0.05, 0) is 32.3 Å². The van der Waals surface area contributed by atoms with Crippen molar-refractivity contribution < 1.29 is 14.0 Å². The first kappa shape index (κ1) is 22.8. The van der Waals surface area contributed by atoms with Gasteiger partial charge in [0.15, 0.2) is 10.1 Å². The Hall–Kier alpha value is -2.39. The Morgan fingerprint density at radius 3 is 2.94 bits per heavy atom. The second-order valence-electron chi connectivity index (χ2n) is 8.02. The van der Waals surface area contributed by atoms with Crippen LogP contribution in [0, 0.1) is 12.8 Å². The highest BCUT2D eigenvalue weighted by molar-refractivity contribution is 8.00. The number of rotatable bonds is 8. The molecule has 1 aliphatic rings. The first-order chi connectivity index (χ1) is 15.6. The highest BCUT2D eigenvalue weighted by Gasteiger charge is 2.32. The Kier molecular flexibility index (Phi) is 7.47. The van der Waals surface area contributed by atoms with Crippen LogP contribution in [0.1, 0.15) is 53.7 Å². The van der Waals surface area contributed by atoms with Crippen molar-refractivity contribution in [2.24, 2.45) is 5.92 Å². The lowest BCUT2D eigenvalue weighted by molar-refractivity contribution is -0.126. The molecule has 0 bridgehead atoms. The van der Waals surface area contributed by atoms with Gasteiger partial charge in [0, 0.05) is 36.3 Å². The van der Waals surface area contributed by atoms with Crippen molar-refractivity contribution in [2.75, 3.05) is 19.6 Å². The molecule has 0 saturated carbocycles. The number of aromatic nitrogens is 2. The molecule has 170 valence electrons. The van der Waals surface area contributed by atoms with Gasteiger partial charge in [0.25, 0.3) is 5.91 Å². The summed E-state index contributed by atoms with van der Waals surface area (Å²) in [4.78, 5) is 27.8. The van der Waals surface area contributed by atoms with Crippen LogP contribution in [0.2, 0.25) is 0 Å². The number of likely N-dealkylation sites (tertiary alicyclic amines) is 1. The summed E-state index contributed by atoms with van der Waals surface area (Å²) >= 11 is 3.10. The van der Waals surface area contributed by atoms with Gasteiger partial charge in [-0.3, -0.25) is 9.59 Å². The van der Waals surface area contributed by atoms with Crippen molar-refractivity contribution in [3.8, 4) is 0 Å². The number of piperidine rings is 1. The maximum atomic E-state index is 13.5. The van der Waals surface area contributed by atoms with Crippen molar-refractivity contribution in [3.05, 3.63) is 40.6 Å². The van der Waals surface area contributed by atoms with Crippen molar-refractivity contribution in [3.63, 3.8) is 0 Å². The number of hydrogen-bond donors (Lipinski definition) is 1. The largest absolute Gasteiger partial charge is 0.451 e. The first-order valence-electron chi connectivity index (χ1n) is 11.1. The maximum absolute atomic E-state index is 13.5. The molecule has 0 spiro atoms. The second kappa shape index (κ2) is 10.5. The number of nitrogens with one attached hydrogen (secondary N) is 1. The van der Waals surface area contributed by atoms with E-state index in [1.165, 1.54) is 11.3 Å². The van der Waals surface area contributed by atoms with Crippen LogP contribution in [-0.4, -0.2) is 46.5 Å². The van der Waals surface area contributed by atoms with Crippen LogP contribution >= 0.6 is 23.1 Å². The minimum Gasteiger partial charge on any atom is -0.451 e. The normalized spacial score (nSPS) is 16.4.